The molecule has 1 aliphatic rings. The molecule has 0 bridgehead atoms. The Balaban J connectivity index is 2.29. The first kappa shape index (κ1) is 14.1. The molecule has 0 unspecified atom stereocenters. The second-order valence-electron chi connectivity index (χ2n) is 4.39. The van der Waals surface area contributed by atoms with Gasteiger partial charge in [0.2, 0.25) is 0 Å². The predicted octanol–water partition coefficient (Wildman–Crippen LogP) is 1.58. The first-order chi connectivity index (χ1) is 8.98. The largest absolute Gasteiger partial charge is 0.367 e. The molecule has 1 aromatic rings. The molecule has 0 saturated heterocycles. The maximum Gasteiger partial charge on any atom is 0.262 e. The van der Waals surface area contributed by atoms with Gasteiger partial charge in [-0.2, -0.15) is 10.2 Å². The SMILES string of the molecule is C[C@@H]1N=N[C@@](C(N)=O)([S@](=O)Cc2ccccc2)[C@H]1Cl. The molecule has 4 atom stereocenters. The Morgan fingerprint density at radius 1 is 1.47 bits per heavy atom. The number of hydrogen-bond acceptors (Lipinski definition) is 4. The molecule has 102 valence electrons. The fraction of sp³-hybridized carbons (Fsp3) is 0.417. The number of nitrogens with two attached hydrogens (primary N) is 1. The summed E-state index contributed by atoms with van der Waals surface area (Å²) in [6.07, 6.45) is 0. The molecule has 0 aliphatic carbocycles. The van der Waals surface area contributed by atoms with Crippen molar-refractivity contribution in [2.24, 2.45) is 16.0 Å². The van der Waals surface area contributed by atoms with Crippen LogP contribution >= 0.6 is 11.6 Å². The van der Waals surface area contributed by atoms with Crippen molar-refractivity contribution in [3.63, 3.8) is 0 Å². The maximum atomic E-state index is 12.5. The number of carbonyl (C=O) groups is 1. The molecule has 1 heterocycles. The molecule has 0 radical (unpaired) electrons. The zero-order valence-electron chi connectivity index (χ0n) is 10.3. The highest BCUT2D eigenvalue weighted by Gasteiger charge is 2.55. The summed E-state index contributed by atoms with van der Waals surface area (Å²) in [5, 5.41) is 6.91. The van der Waals surface area contributed by atoms with Gasteiger partial charge in [-0.3, -0.25) is 9.00 Å². The zero-order valence-corrected chi connectivity index (χ0v) is 11.9. The lowest BCUT2D eigenvalue weighted by molar-refractivity contribution is -0.120. The standard InChI is InChI=1S/C12H14ClN3O2S/c1-8-10(13)12(11(14)17,16-15-8)19(18)7-9-5-3-2-4-6-9/h2-6,8,10H,7H2,1H3,(H2,14,17)/t8-,10-,12+,19+/m0/s1. The minimum absolute atomic E-state index is 0.165. The van der Waals surface area contributed by atoms with Crippen LogP contribution in [-0.2, 0) is 21.3 Å². The number of carbonyl (C=O) groups excluding carboxylic acids is 1. The fourth-order valence-electron chi connectivity index (χ4n) is 1.92. The summed E-state index contributed by atoms with van der Waals surface area (Å²) in [5.41, 5.74) is 6.20. The Morgan fingerprint density at radius 2 is 2.11 bits per heavy atom. The van der Waals surface area contributed by atoms with Crippen LogP contribution in [0, 0.1) is 0 Å². The molecule has 0 spiro atoms. The number of alkyl halides is 1. The molecule has 2 rings (SSSR count). The van der Waals surface area contributed by atoms with E-state index in [-0.39, 0.29) is 11.8 Å². The van der Waals surface area contributed by atoms with Crippen LogP contribution in [0.5, 0.6) is 0 Å². The van der Waals surface area contributed by atoms with Gasteiger partial charge in [-0.05, 0) is 12.5 Å². The lowest BCUT2D eigenvalue weighted by Gasteiger charge is -2.24. The summed E-state index contributed by atoms with van der Waals surface area (Å²) in [4.78, 5) is 10.1. The number of azo groups is 1. The molecular weight excluding hydrogens is 286 g/mol. The number of nitrogens with zero attached hydrogens (tertiary/aromatic N) is 2. The number of primary amides is 1. The monoisotopic (exact) mass is 299 g/mol. The maximum absolute atomic E-state index is 12.5. The summed E-state index contributed by atoms with van der Waals surface area (Å²) in [6, 6.07) is 8.80. The zero-order chi connectivity index (χ0) is 14.0. The Morgan fingerprint density at radius 3 is 2.58 bits per heavy atom. The van der Waals surface area contributed by atoms with Crippen molar-refractivity contribution in [3.05, 3.63) is 35.9 Å². The number of benzene rings is 1. The molecule has 0 saturated carbocycles. The molecule has 0 fully saturated rings. The van der Waals surface area contributed by atoms with Gasteiger partial charge in [0.05, 0.1) is 22.6 Å². The van der Waals surface area contributed by atoms with Crippen molar-refractivity contribution in [2.75, 3.05) is 0 Å². The average molecular weight is 300 g/mol. The number of amides is 1. The van der Waals surface area contributed by atoms with E-state index in [2.05, 4.69) is 10.2 Å². The van der Waals surface area contributed by atoms with Gasteiger partial charge in [0.25, 0.3) is 10.8 Å². The lowest BCUT2D eigenvalue weighted by Crippen LogP contribution is -2.53. The summed E-state index contributed by atoms with van der Waals surface area (Å²) in [6.45, 7) is 1.71. The normalized spacial score (nSPS) is 31.3. The molecule has 7 heteroatoms. The van der Waals surface area contributed by atoms with Gasteiger partial charge in [-0.15, -0.1) is 11.6 Å². The summed E-state index contributed by atoms with van der Waals surface area (Å²) in [7, 11) is -1.65. The van der Waals surface area contributed by atoms with Crippen molar-refractivity contribution >= 4 is 28.3 Å². The van der Waals surface area contributed by atoms with Gasteiger partial charge in [-0.1, -0.05) is 30.3 Å². The summed E-state index contributed by atoms with van der Waals surface area (Å²) >= 11 is 6.16. The van der Waals surface area contributed by atoms with Crippen LogP contribution in [0.25, 0.3) is 0 Å². The van der Waals surface area contributed by atoms with Crippen molar-refractivity contribution in [1.29, 1.82) is 0 Å². The third-order valence-electron chi connectivity index (χ3n) is 3.03. The van der Waals surface area contributed by atoms with Crippen molar-refractivity contribution in [3.8, 4) is 0 Å². The van der Waals surface area contributed by atoms with Crippen LogP contribution in [0.4, 0.5) is 0 Å². The van der Waals surface area contributed by atoms with Crippen LogP contribution in [0.3, 0.4) is 0 Å². The number of halogens is 1. The van der Waals surface area contributed by atoms with E-state index >= 15 is 0 Å². The smallest absolute Gasteiger partial charge is 0.262 e. The molecule has 0 aromatic heterocycles. The Bertz CT molecular complexity index is 537. The summed E-state index contributed by atoms with van der Waals surface area (Å²) < 4.78 is 12.5. The Kier molecular flexibility index (Phi) is 4.01. The second-order valence-corrected chi connectivity index (χ2v) is 6.47. The molecule has 19 heavy (non-hydrogen) atoms. The average Bonchev–Trinajstić information content (AvgIpc) is 2.68. The minimum atomic E-state index is -1.65. The molecule has 5 nitrogen and oxygen atoms in total. The fourth-order valence-corrected chi connectivity index (χ4v) is 3.95. The third kappa shape index (κ3) is 2.42. The quantitative estimate of drug-likeness (QED) is 0.856. The van der Waals surface area contributed by atoms with E-state index in [0.717, 1.165) is 5.56 Å². The number of hydrogen-bond donors (Lipinski definition) is 1. The van der Waals surface area contributed by atoms with Gasteiger partial charge in [0, 0.05) is 0 Å². The summed E-state index contributed by atoms with van der Waals surface area (Å²) in [5.74, 6) is -0.631. The minimum Gasteiger partial charge on any atom is -0.367 e. The molecular formula is C12H14ClN3O2S. The lowest BCUT2D eigenvalue weighted by atomic mass is 10.1. The van der Waals surface area contributed by atoms with E-state index in [1.807, 2.05) is 30.3 Å². The van der Waals surface area contributed by atoms with Crippen LogP contribution < -0.4 is 5.73 Å². The molecule has 1 aromatic carbocycles. The van der Waals surface area contributed by atoms with E-state index < -0.39 is 27.0 Å². The van der Waals surface area contributed by atoms with Gasteiger partial charge < -0.3 is 5.73 Å². The van der Waals surface area contributed by atoms with Crippen LogP contribution in [0.2, 0.25) is 0 Å². The number of rotatable bonds is 4. The topological polar surface area (TPSA) is 84.9 Å². The van der Waals surface area contributed by atoms with E-state index in [9.17, 15) is 9.00 Å². The van der Waals surface area contributed by atoms with Gasteiger partial charge in [-0.25, -0.2) is 0 Å². The first-order valence-electron chi connectivity index (χ1n) is 5.77. The van der Waals surface area contributed by atoms with Crippen LogP contribution in [-0.4, -0.2) is 26.4 Å². The molecule has 1 amide bonds. The Labute approximate surface area is 118 Å². The van der Waals surface area contributed by atoms with Gasteiger partial charge in [0.1, 0.15) is 5.38 Å². The Hall–Kier alpha value is -1.27. The first-order valence-corrected chi connectivity index (χ1v) is 7.52. The van der Waals surface area contributed by atoms with Crippen molar-refractivity contribution in [1.82, 2.24) is 0 Å². The van der Waals surface area contributed by atoms with E-state index in [1.165, 1.54) is 0 Å². The highest BCUT2D eigenvalue weighted by Crippen LogP contribution is 2.36. The third-order valence-corrected chi connectivity index (χ3v) is 5.66. The molecule has 1 aliphatic heterocycles. The predicted molar refractivity (Wildman–Crippen MR) is 74.2 cm³/mol. The van der Waals surface area contributed by atoms with Gasteiger partial charge >= 0.3 is 0 Å². The van der Waals surface area contributed by atoms with Crippen LogP contribution in [0.1, 0.15) is 12.5 Å². The van der Waals surface area contributed by atoms with E-state index in [0.29, 0.717) is 0 Å². The van der Waals surface area contributed by atoms with Gasteiger partial charge in [0.15, 0.2) is 0 Å². The highest BCUT2D eigenvalue weighted by atomic mass is 35.5. The molecule has 2 N–H and O–H groups in total. The van der Waals surface area contributed by atoms with Crippen LogP contribution in [0.15, 0.2) is 40.6 Å². The second kappa shape index (κ2) is 5.38. The van der Waals surface area contributed by atoms with Crippen molar-refractivity contribution in [2.45, 2.75) is 29.0 Å². The van der Waals surface area contributed by atoms with E-state index in [1.54, 1.807) is 6.92 Å². The highest BCUT2D eigenvalue weighted by molar-refractivity contribution is 7.86. The van der Waals surface area contributed by atoms with E-state index in [4.69, 9.17) is 17.3 Å². The van der Waals surface area contributed by atoms with Crippen molar-refractivity contribution < 1.29 is 9.00 Å².